The predicted octanol–water partition coefficient (Wildman–Crippen LogP) is 2.02. The second-order valence-electron chi connectivity index (χ2n) is 4.80. The lowest BCUT2D eigenvalue weighted by molar-refractivity contribution is -0.139. The fraction of sp³-hybridized carbons (Fsp3) is 0.500. The summed E-state index contributed by atoms with van der Waals surface area (Å²) in [5.41, 5.74) is 0.747. The summed E-state index contributed by atoms with van der Waals surface area (Å²) in [6.45, 7) is 4.59. The van der Waals surface area contributed by atoms with E-state index in [0.717, 1.165) is 5.69 Å². The zero-order chi connectivity index (χ0) is 12.2. The first-order valence-electron chi connectivity index (χ1n) is 5.24. The van der Waals surface area contributed by atoms with Gasteiger partial charge in [-0.05, 0) is 17.5 Å². The summed E-state index contributed by atoms with van der Waals surface area (Å²) >= 11 is 0. The van der Waals surface area contributed by atoms with Crippen LogP contribution in [-0.2, 0) is 4.79 Å². The molecule has 1 aromatic heterocycles. The molecule has 0 atom stereocenters. The number of carboxylic acids is 1. The second kappa shape index (κ2) is 4.96. The largest absolute Gasteiger partial charge is 0.481 e. The minimum atomic E-state index is -0.760. The Morgan fingerprint density at radius 1 is 1.56 bits per heavy atom. The molecule has 1 aromatic rings. The number of nitrogens with zero attached hydrogens (tertiary/aromatic N) is 2. The molecule has 0 saturated carbocycles. The third-order valence-corrected chi connectivity index (χ3v) is 2.38. The first-order chi connectivity index (χ1) is 7.41. The summed E-state index contributed by atoms with van der Waals surface area (Å²) in [5.74, 6) is -0.760. The Kier molecular flexibility index (Phi) is 3.88. The number of hydrogen-bond acceptors (Lipinski definition) is 3. The molecule has 88 valence electrons. The van der Waals surface area contributed by atoms with Crippen LogP contribution in [0, 0.1) is 5.41 Å². The van der Waals surface area contributed by atoms with E-state index < -0.39 is 5.97 Å². The lowest BCUT2D eigenvalue weighted by Gasteiger charge is -2.30. The van der Waals surface area contributed by atoms with E-state index in [2.05, 4.69) is 4.98 Å². The zero-order valence-corrected chi connectivity index (χ0v) is 9.97. The number of anilines is 1. The van der Waals surface area contributed by atoms with Gasteiger partial charge in [0, 0.05) is 19.8 Å². The number of rotatable bonds is 5. The van der Waals surface area contributed by atoms with Gasteiger partial charge >= 0.3 is 5.97 Å². The highest BCUT2D eigenvalue weighted by molar-refractivity contribution is 5.67. The van der Waals surface area contributed by atoms with Crippen molar-refractivity contribution in [1.82, 2.24) is 4.98 Å². The quantitative estimate of drug-likeness (QED) is 0.828. The number of aromatic nitrogens is 1. The Morgan fingerprint density at radius 2 is 2.25 bits per heavy atom. The Balaban J connectivity index is 2.64. The van der Waals surface area contributed by atoms with E-state index in [1.165, 1.54) is 0 Å². The zero-order valence-electron chi connectivity index (χ0n) is 9.97. The molecule has 4 heteroatoms. The molecule has 0 radical (unpaired) electrons. The molecule has 4 nitrogen and oxygen atoms in total. The predicted molar refractivity (Wildman–Crippen MR) is 63.5 cm³/mol. The third kappa shape index (κ3) is 3.88. The molecule has 1 N–H and O–H groups in total. The normalized spacial score (nSPS) is 11.2. The SMILES string of the molecule is CN(CC(C)(C)CC(=O)O)c1cccnc1. The lowest BCUT2D eigenvalue weighted by atomic mass is 9.89. The van der Waals surface area contributed by atoms with Gasteiger partial charge in [-0.1, -0.05) is 13.8 Å². The van der Waals surface area contributed by atoms with Gasteiger partial charge in [0.15, 0.2) is 0 Å². The number of hydrogen-bond donors (Lipinski definition) is 1. The molecule has 0 fully saturated rings. The van der Waals surface area contributed by atoms with Crippen molar-refractivity contribution in [2.24, 2.45) is 5.41 Å². The van der Waals surface area contributed by atoms with Crippen molar-refractivity contribution in [2.75, 3.05) is 18.5 Å². The van der Waals surface area contributed by atoms with E-state index in [1.54, 1.807) is 12.4 Å². The Labute approximate surface area is 95.9 Å². The van der Waals surface area contributed by atoms with Gasteiger partial charge < -0.3 is 10.0 Å². The summed E-state index contributed by atoms with van der Waals surface area (Å²) in [5, 5.41) is 8.80. The molecule has 1 heterocycles. The summed E-state index contributed by atoms with van der Waals surface area (Å²) in [7, 11) is 1.95. The minimum absolute atomic E-state index is 0.164. The van der Waals surface area contributed by atoms with Crippen molar-refractivity contribution in [3.63, 3.8) is 0 Å². The summed E-state index contributed by atoms with van der Waals surface area (Å²) in [6.07, 6.45) is 3.66. The molecular formula is C12H18N2O2. The minimum Gasteiger partial charge on any atom is -0.481 e. The number of pyridine rings is 1. The van der Waals surface area contributed by atoms with E-state index in [-0.39, 0.29) is 11.8 Å². The fourth-order valence-corrected chi connectivity index (χ4v) is 1.78. The molecule has 0 saturated heterocycles. The Bertz CT molecular complexity index is 349. The second-order valence-corrected chi connectivity index (χ2v) is 4.80. The van der Waals surface area contributed by atoms with Gasteiger partial charge in [-0.15, -0.1) is 0 Å². The van der Waals surface area contributed by atoms with Crippen molar-refractivity contribution in [1.29, 1.82) is 0 Å². The molecule has 0 unspecified atom stereocenters. The molecule has 0 aliphatic heterocycles. The van der Waals surface area contributed by atoms with Crippen LogP contribution >= 0.6 is 0 Å². The van der Waals surface area contributed by atoms with Crippen molar-refractivity contribution < 1.29 is 9.90 Å². The molecular weight excluding hydrogens is 204 g/mol. The highest BCUT2D eigenvalue weighted by atomic mass is 16.4. The van der Waals surface area contributed by atoms with Crippen LogP contribution in [0.1, 0.15) is 20.3 Å². The monoisotopic (exact) mass is 222 g/mol. The van der Waals surface area contributed by atoms with Gasteiger partial charge in [0.2, 0.25) is 0 Å². The maximum absolute atomic E-state index is 10.7. The van der Waals surface area contributed by atoms with Gasteiger partial charge in [0.1, 0.15) is 0 Å². The smallest absolute Gasteiger partial charge is 0.303 e. The molecule has 0 bridgehead atoms. The molecule has 0 aromatic carbocycles. The molecule has 1 rings (SSSR count). The van der Waals surface area contributed by atoms with Crippen molar-refractivity contribution in [3.8, 4) is 0 Å². The number of carbonyl (C=O) groups is 1. The van der Waals surface area contributed by atoms with Crippen LogP contribution in [0.5, 0.6) is 0 Å². The van der Waals surface area contributed by atoms with E-state index >= 15 is 0 Å². The van der Waals surface area contributed by atoms with Crippen LogP contribution < -0.4 is 4.90 Å². The Hall–Kier alpha value is -1.58. The fourth-order valence-electron chi connectivity index (χ4n) is 1.78. The standard InChI is InChI=1S/C12H18N2O2/c1-12(2,7-11(15)16)9-14(3)10-5-4-6-13-8-10/h4-6,8H,7,9H2,1-3H3,(H,15,16). The number of carboxylic acid groups (broad SMARTS) is 1. The lowest BCUT2D eigenvalue weighted by Crippen LogP contribution is -2.33. The van der Waals surface area contributed by atoms with E-state index in [1.807, 2.05) is 37.9 Å². The molecule has 0 aliphatic carbocycles. The van der Waals surface area contributed by atoms with Crippen LogP contribution in [0.15, 0.2) is 24.5 Å². The maximum atomic E-state index is 10.7. The van der Waals surface area contributed by atoms with Crippen LogP contribution in [0.25, 0.3) is 0 Å². The van der Waals surface area contributed by atoms with Gasteiger partial charge in [0.25, 0.3) is 0 Å². The first-order valence-corrected chi connectivity index (χ1v) is 5.24. The third-order valence-electron chi connectivity index (χ3n) is 2.38. The highest BCUT2D eigenvalue weighted by Crippen LogP contribution is 2.23. The van der Waals surface area contributed by atoms with Crippen LogP contribution in [0.3, 0.4) is 0 Å². The molecule has 0 spiro atoms. The maximum Gasteiger partial charge on any atom is 0.303 e. The molecule has 0 amide bonds. The van der Waals surface area contributed by atoms with E-state index in [4.69, 9.17) is 5.11 Å². The number of aliphatic carboxylic acids is 1. The average Bonchev–Trinajstić information content (AvgIpc) is 2.16. The van der Waals surface area contributed by atoms with E-state index in [9.17, 15) is 4.79 Å². The van der Waals surface area contributed by atoms with Gasteiger partial charge in [-0.25, -0.2) is 0 Å². The molecule has 16 heavy (non-hydrogen) atoms. The summed E-state index contributed by atoms with van der Waals surface area (Å²) < 4.78 is 0. The Morgan fingerprint density at radius 3 is 2.75 bits per heavy atom. The highest BCUT2D eigenvalue weighted by Gasteiger charge is 2.23. The average molecular weight is 222 g/mol. The molecule has 0 aliphatic rings. The van der Waals surface area contributed by atoms with Gasteiger partial charge in [-0.2, -0.15) is 0 Å². The van der Waals surface area contributed by atoms with Crippen molar-refractivity contribution in [2.45, 2.75) is 20.3 Å². The first kappa shape index (κ1) is 12.5. The van der Waals surface area contributed by atoms with Crippen LogP contribution in [0.4, 0.5) is 5.69 Å². The topological polar surface area (TPSA) is 53.4 Å². The van der Waals surface area contributed by atoms with Gasteiger partial charge in [-0.3, -0.25) is 9.78 Å². The van der Waals surface area contributed by atoms with E-state index in [0.29, 0.717) is 6.54 Å². The van der Waals surface area contributed by atoms with Crippen molar-refractivity contribution in [3.05, 3.63) is 24.5 Å². The van der Waals surface area contributed by atoms with Gasteiger partial charge in [0.05, 0.1) is 18.3 Å². The van der Waals surface area contributed by atoms with Crippen molar-refractivity contribution >= 4 is 11.7 Å². The van der Waals surface area contributed by atoms with Crippen LogP contribution in [-0.4, -0.2) is 29.7 Å². The summed E-state index contributed by atoms with van der Waals surface area (Å²) in [4.78, 5) is 16.8. The van der Waals surface area contributed by atoms with Crippen LogP contribution in [0.2, 0.25) is 0 Å². The summed E-state index contributed by atoms with van der Waals surface area (Å²) in [6, 6.07) is 3.83.